The molecule has 1 atom stereocenters. The number of aromatic nitrogens is 3. The standard InChI is InChI=1S/C48H51ClF3N9O5/c1-56-28-53-55-40(56)20-47(26-66-27-47)30-3-2-4-31(17-30)60-22-35-34(45(60)65)18-32(19-37(35)48(50,51)52)59-24-46(25-59)11-15-57(16-12-46)21-29-9-13-58(14-10-29)38-6-5-33-36(42(38)49)23-61(44(33)64)39-7-8-41(62)54-43(39)63/h2-6,17-19,28-29,39H,7-16,20-27H2,1H3,(H,54,62,63). The quantitative estimate of drug-likeness (QED) is 0.207. The predicted octanol–water partition coefficient (Wildman–Crippen LogP) is 5.74. The summed E-state index contributed by atoms with van der Waals surface area (Å²) in [4.78, 5) is 61.4. The minimum atomic E-state index is -4.62. The van der Waals surface area contributed by atoms with Gasteiger partial charge in [-0.25, -0.2) is 0 Å². The average molecular weight is 926 g/mol. The molecule has 0 saturated carbocycles. The number of ether oxygens (including phenoxy) is 1. The zero-order valence-electron chi connectivity index (χ0n) is 36.7. The van der Waals surface area contributed by atoms with E-state index in [1.807, 2.05) is 40.8 Å². The van der Waals surface area contributed by atoms with E-state index in [0.29, 0.717) is 67.0 Å². The molecule has 1 aromatic heterocycles. The third-order valence-electron chi connectivity index (χ3n) is 15.6. The van der Waals surface area contributed by atoms with Crippen molar-refractivity contribution in [1.82, 2.24) is 29.9 Å². The van der Waals surface area contributed by atoms with Crippen molar-refractivity contribution in [3.63, 3.8) is 0 Å². The van der Waals surface area contributed by atoms with Crippen LogP contribution in [-0.2, 0) is 52.5 Å². The first-order valence-corrected chi connectivity index (χ1v) is 23.3. The van der Waals surface area contributed by atoms with Crippen LogP contribution in [0, 0.1) is 11.3 Å². The maximum Gasteiger partial charge on any atom is 0.416 e. The largest absolute Gasteiger partial charge is 0.416 e. The molecule has 5 fully saturated rings. The average Bonchev–Trinajstić information content (AvgIpc) is 3.95. The van der Waals surface area contributed by atoms with Gasteiger partial charge in [-0.1, -0.05) is 23.7 Å². The van der Waals surface area contributed by atoms with E-state index in [-0.39, 0.29) is 53.3 Å². The number of nitrogens with zero attached hydrogens (tertiary/aromatic N) is 8. The highest BCUT2D eigenvalue weighted by Crippen LogP contribution is 2.48. The van der Waals surface area contributed by atoms with E-state index in [1.54, 1.807) is 24.5 Å². The molecule has 8 heterocycles. The smallest absolute Gasteiger partial charge is 0.379 e. The van der Waals surface area contributed by atoms with E-state index < -0.39 is 29.6 Å². The lowest BCUT2D eigenvalue weighted by molar-refractivity contribution is -0.138. The molecule has 5 saturated heterocycles. The van der Waals surface area contributed by atoms with Crippen LogP contribution in [0.3, 0.4) is 0 Å². The normalized spacial score (nSPS) is 23.0. The first kappa shape index (κ1) is 43.1. The van der Waals surface area contributed by atoms with Gasteiger partial charge >= 0.3 is 6.18 Å². The Morgan fingerprint density at radius 2 is 1.64 bits per heavy atom. The Morgan fingerprint density at radius 3 is 2.32 bits per heavy atom. The molecule has 0 bridgehead atoms. The maximum absolute atomic E-state index is 14.8. The summed E-state index contributed by atoms with van der Waals surface area (Å²) < 4.78 is 51.9. The van der Waals surface area contributed by atoms with E-state index in [0.717, 1.165) is 81.0 Å². The van der Waals surface area contributed by atoms with Gasteiger partial charge in [-0.05, 0) is 98.6 Å². The van der Waals surface area contributed by atoms with Crippen molar-refractivity contribution in [2.24, 2.45) is 18.4 Å². The number of rotatable bonds is 9. The number of benzene rings is 3. The number of hydrogen-bond acceptors (Lipinski definition) is 10. The lowest BCUT2D eigenvalue weighted by Crippen LogP contribution is -2.60. The van der Waals surface area contributed by atoms with E-state index >= 15 is 0 Å². The van der Waals surface area contributed by atoms with Gasteiger partial charge in [0, 0.05) is 98.1 Å². The number of alkyl halides is 3. The number of nitrogens with one attached hydrogen (secondary N) is 1. The minimum Gasteiger partial charge on any atom is -0.379 e. The molecule has 7 aliphatic heterocycles. The third kappa shape index (κ3) is 7.41. The van der Waals surface area contributed by atoms with Crippen molar-refractivity contribution >= 4 is 52.3 Å². The predicted molar refractivity (Wildman–Crippen MR) is 238 cm³/mol. The summed E-state index contributed by atoms with van der Waals surface area (Å²) in [5.74, 6) is -0.133. The molecule has 0 aliphatic carbocycles. The monoisotopic (exact) mass is 925 g/mol. The Hall–Kier alpha value is -5.52. The summed E-state index contributed by atoms with van der Waals surface area (Å²) in [5, 5.41) is 11.2. The molecule has 18 heteroatoms. The number of carbonyl (C=O) groups is 4. The molecule has 1 N–H and O–H groups in total. The number of carbonyl (C=O) groups excluding carboxylic acids is 4. The summed E-state index contributed by atoms with van der Waals surface area (Å²) in [6.45, 7) is 6.82. The van der Waals surface area contributed by atoms with Gasteiger partial charge in [0.1, 0.15) is 18.2 Å². The van der Waals surface area contributed by atoms with Gasteiger partial charge in [0.25, 0.3) is 11.8 Å². The molecule has 4 aromatic rings. The van der Waals surface area contributed by atoms with Crippen LogP contribution in [0.5, 0.6) is 0 Å². The van der Waals surface area contributed by atoms with E-state index in [9.17, 15) is 32.3 Å². The second-order valence-electron chi connectivity index (χ2n) is 19.7. The number of piperidine rings is 3. The molecule has 346 valence electrons. The Kier molecular flexibility index (Phi) is 10.5. The Bertz CT molecular complexity index is 2640. The van der Waals surface area contributed by atoms with Gasteiger partial charge in [0.15, 0.2) is 0 Å². The van der Waals surface area contributed by atoms with Crippen LogP contribution in [0.15, 0.2) is 54.9 Å². The van der Waals surface area contributed by atoms with Crippen LogP contribution in [0.25, 0.3) is 0 Å². The summed E-state index contributed by atoms with van der Waals surface area (Å²) in [6, 6.07) is 13.4. The van der Waals surface area contributed by atoms with Gasteiger partial charge < -0.3 is 33.8 Å². The fourth-order valence-corrected chi connectivity index (χ4v) is 11.9. The van der Waals surface area contributed by atoms with E-state index in [4.69, 9.17) is 16.3 Å². The first-order chi connectivity index (χ1) is 31.7. The number of hydrogen-bond donors (Lipinski definition) is 1. The van der Waals surface area contributed by atoms with E-state index in [1.165, 1.54) is 15.9 Å². The highest BCUT2D eigenvalue weighted by Gasteiger charge is 2.48. The zero-order valence-corrected chi connectivity index (χ0v) is 37.5. The van der Waals surface area contributed by atoms with Crippen molar-refractivity contribution in [3.05, 3.63) is 99.1 Å². The number of imide groups is 1. The van der Waals surface area contributed by atoms with Gasteiger partial charge in [0.2, 0.25) is 11.8 Å². The molecule has 4 amide bonds. The minimum absolute atomic E-state index is 0.0158. The lowest BCUT2D eigenvalue weighted by atomic mass is 9.71. The van der Waals surface area contributed by atoms with Crippen LogP contribution in [0.1, 0.15) is 87.3 Å². The third-order valence-corrected chi connectivity index (χ3v) is 16.0. The fourth-order valence-electron chi connectivity index (χ4n) is 11.6. The number of likely N-dealkylation sites (tertiary alicyclic amines) is 1. The molecule has 0 radical (unpaired) electrons. The van der Waals surface area contributed by atoms with Crippen molar-refractivity contribution in [2.75, 3.05) is 73.7 Å². The summed E-state index contributed by atoms with van der Waals surface area (Å²) in [6.07, 6.45) is 2.00. The van der Waals surface area contributed by atoms with Gasteiger partial charge in [-0.2, -0.15) is 13.2 Å². The Balaban J connectivity index is 0.698. The summed E-state index contributed by atoms with van der Waals surface area (Å²) in [5.41, 5.74) is 3.08. The van der Waals surface area contributed by atoms with Crippen molar-refractivity contribution in [1.29, 1.82) is 0 Å². The second-order valence-corrected chi connectivity index (χ2v) is 20.1. The number of amides is 4. The first-order valence-electron chi connectivity index (χ1n) is 22.9. The number of fused-ring (bicyclic) bond motifs is 2. The van der Waals surface area contributed by atoms with Crippen LogP contribution >= 0.6 is 11.6 Å². The number of halogens is 4. The maximum atomic E-state index is 14.8. The molecule has 3 aromatic carbocycles. The molecule has 7 aliphatic rings. The second kappa shape index (κ2) is 16.1. The van der Waals surface area contributed by atoms with Crippen LogP contribution < -0.4 is 20.0 Å². The number of aryl methyl sites for hydroxylation is 1. The molecule has 11 rings (SSSR count). The van der Waals surface area contributed by atoms with Gasteiger partial charge in [-0.3, -0.25) is 24.5 Å². The number of anilines is 3. The molecule has 66 heavy (non-hydrogen) atoms. The van der Waals surface area contributed by atoms with Crippen molar-refractivity contribution < 1.29 is 37.1 Å². The fraction of sp³-hybridized carbons (Fsp3) is 0.500. The lowest BCUT2D eigenvalue weighted by Gasteiger charge is -2.55. The summed E-state index contributed by atoms with van der Waals surface area (Å²) in [7, 11) is 1.88. The van der Waals surface area contributed by atoms with Gasteiger partial charge in [-0.15, -0.1) is 10.2 Å². The zero-order chi connectivity index (χ0) is 45.7. The molecular formula is C48H51ClF3N9O5. The van der Waals surface area contributed by atoms with Gasteiger partial charge in [0.05, 0.1) is 36.0 Å². The van der Waals surface area contributed by atoms with Crippen molar-refractivity contribution in [2.45, 2.75) is 75.7 Å². The highest BCUT2D eigenvalue weighted by atomic mass is 35.5. The highest BCUT2D eigenvalue weighted by molar-refractivity contribution is 6.35. The van der Waals surface area contributed by atoms with Crippen LogP contribution in [-0.4, -0.2) is 113 Å². The Labute approximate surface area is 385 Å². The SMILES string of the molecule is Cn1cnnc1CC1(c2cccc(N3Cc4c(cc(N5CC6(CCN(CC7CCN(c8ccc9c(c8Cl)CN(C8CCC(=O)NC8=O)C9=O)CC7)CC6)C5)cc4C(F)(F)F)C3=O)c2)COC1. The molecule has 1 spiro atoms. The van der Waals surface area contributed by atoms with Crippen LogP contribution in [0.2, 0.25) is 5.02 Å². The molecule has 14 nitrogen and oxygen atoms in total. The molecule has 1 unspecified atom stereocenters. The van der Waals surface area contributed by atoms with Crippen molar-refractivity contribution in [3.8, 4) is 0 Å². The van der Waals surface area contributed by atoms with Crippen LogP contribution in [0.4, 0.5) is 30.2 Å². The molecular weight excluding hydrogens is 875 g/mol. The summed E-state index contributed by atoms with van der Waals surface area (Å²) >= 11 is 6.97. The van der Waals surface area contributed by atoms with E-state index in [2.05, 4.69) is 25.3 Å². The topological polar surface area (TPSA) is 136 Å². The Morgan fingerprint density at radius 1 is 0.864 bits per heavy atom.